The molecule has 0 spiro atoms. The molecule has 0 saturated carbocycles. The maximum atomic E-state index is 11.0. The van der Waals surface area contributed by atoms with Crippen LogP contribution in [-0.4, -0.2) is 18.5 Å². The summed E-state index contributed by atoms with van der Waals surface area (Å²) in [6.45, 7) is 2.03. The fraction of sp³-hybridized carbons (Fsp3) is 0.750. The Morgan fingerprint density at radius 2 is 2.42 bits per heavy atom. The molecule has 0 rings (SSSR count). The third-order valence-corrected chi connectivity index (χ3v) is 1.62. The van der Waals surface area contributed by atoms with E-state index in [1.165, 1.54) is 0 Å². The highest BCUT2D eigenvalue weighted by molar-refractivity contribution is 6.17. The summed E-state index contributed by atoms with van der Waals surface area (Å²) in [6.07, 6.45) is 1.15. The van der Waals surface area contributed by atoms with Crippen LogP contribution in [0.4, 0.5) is 0 Å². The van der Waals surface area contributed by atoms with Crippen molar-refractivity contribution in [2.75, 3.05) is 12.5 Å². The average Bonchev–Trinajstić information content (AvgIpc) is 2.06. The first kappa shape index (κ1) is 11.2. The molecule has 0 bridgehead atoms. The molecule has 0 radical (unpaired) electrons. The van der Waals surface area contributed by atoms with Crippen LogP contribution in [-0.2, 0) is 9.53 Å². The van der Waals surface area contributed by atoms with Gasteiger partial charge >= 0.3 is 5.97 Å². The lowest BCUT2D eigenvalue weighted by Crippen LogP contribution is -2.16. The van der Waals surface area contributed by atoms with Gasteiger partial charge in [0.25, 0.3) is 0 Å². The van der Waals surface area contributed by atoms with Gasteiger partial charge in [-0.3, -0.25) is 4.79 Å². The van der Waals surface area contributed by atoms with Gasteiger partial charge < -0.3 is 4.74 Å². The standard InChI is InChI=1S/C8H12ClNO2/c1-2-12-8(11)7(6-10)4-3-5-9/h7H,2-5H2,1H3. The van der Waals surface area contributed by atoms with E-state index in [0.717, 1.165) is 0 Å². The molecular weight excluding hydrogens is 178 g/mol. The van der Waals surface area contributed by atoms with Gasteiger partial charge in [0, 0.05) is 5.88 Å². The fourth-order valence-electron chi connectivity index (χ4n) is 0.759. The predicted molar refractivity (Wildman–Crippen MR) is 45.7 cm³/mol. The predicted octanol–water partition coefficient (Wildman–Crippen LogP) is 1.71. The van der Waals surface area contributed by atoms with Crippen molar-refractivity contribution in [2.45, 2.75) is 19.8 Å². The summed E-state index contributed by atoms with van der Waals surface area (Å²) in [5, 5.41) is 8.56. The third-order valence-electron chi connectivity index (χ3n) is 1.35. The summed E-state index contributed by atoms with van der Waals surface area (Å²) in [6, 6.07) is 1.89. The molecule has 0 aliphatic rings. The van der Waals surface area contributed by atoms with Crippen LogP contribution in [0.5, 0.6) is 0 Å². The highest BCUT2D eigenvalue weighted by Gasteiger charge is 2.17. The van der Waals surface area contributed by atoms with E-state index in [1.54, 1.807) is 6.92 Å². The Labute approximate surface area is 77.3 Å². The third kappa shape index (κ3) is 4.20. The van der Waals surface area contributed by atoms with Crippen molar-refractivity contribution in [2.24, 2.45) is 5.92 Å². The quantitative estimate of drug-likeness (QED) is 0.489. The van der Waals surface area contributed by atoms with Crippen LogP contribution in [0.1, 0.15) is 19.8 Å². The number of carbonyl (C=O) groups is 1. The number of halogens is 1. The number of hydrogen-bond donors (Lipinski definition) is 0. The molecule has 68 valence electrons. The zero-order chi connectivity index (χ0) is 9.40. The number of alkyl halides is 1. The Morgan fingerprint density at radius 1 is 1.75 bits per heavy atom. The van der Waals surface area contributed by atoms with Gasteiger partial charge in [-0.25, -0.2) is 0 Å². The van der Waals surface area contributed by atoms with Crippen molar-refractivity contribution in [3.8, 4) is 6.07 Å². The molecule has 0 aliphatic carbocycles. The van der Waals surface area contributed by atoms with Gasteiger partial charge in [-0.15, -0.1) is 11.6 Å². The van der Waals surface area contributed by atoms with Crippen molar-refractivity contribution < 1.29 is 9.53 Å². The molecule has 0 aromatic heterocycles. The maximum absolute atomic E-state index is 11.0. The first-order valence-electron chi connectivity index (χ1n) is 3.88. The summed E-state index contributed by atoms with van der Waals surface area (Å²) >= 11 is 5.42. The van der Waals surface area contributed by atoms with Gasteiger partial charge in [-0.05, 0) is 19.8 Å². The van der Waals surface area contributed by atoms with Crippen molar-refractivity contribution >= 4 is 17.6 Å². The zero-order valence-corrected chi connectivity index (χ0v) is 7.80. The van der Waals surface area contributed by atoms with Crippen LogP contribution in [0.2, 0.25) is 0 Å². The number of nitriles is 1. The minimum Gasteiger partial charge on any atom is -0.465 e. The molecule has 0 fully saturated rings. The van der Waals surface area contributed by atoms with E-state index in [0.29, 0.717) is 25.3 Å². The second-order valence-electron chi connectivity index (χ2n) is 2.26. The van der Waals surface area contributed by atoms with Crippen LogP contribution in [0, 0.1) is 17.2 Å². The molecule has 4 heteroatoms. The summed E-state index contributed by atoms with van der Waals surface area (Å²) in [5.41, 5.74) is 0. The summed E-state index contributed by atoms with van der Waals surface area (Å²) < 4.78 is 4.69. The number of rotatable bonds is 5. The number of ether oxygens (including phenoxy) is 1. The van der Waals surface area contributed by atoms with Crippen molar-refractivity contribution in [1.29, 1.82) is 5.26 Å². The lowest BCUT2D eigenvalue weighted by molar-refractivity contribution is -0.146. The Kier molecular flexibility index (Phi) is 6.50. The Morgan fingerprint density at radius 3 is 2.83 bits per heavy atom. The molecular formula is C8H12ClNO2. The molecule has 12 heavy (non-hydrogen) atoms. The normalized spacial score (nSPS) is 11.8. The molecule has 0 aromatic rings. The summed E-state index contributed by atoms with van der Waals surface area (Å²) in [7, 11) is 0. The van der Waals surface area contributed by atoms with E-state index in [1.807, 2.05) is 6.07 Å². The largest absolute Gasteiger partial charge is 0.465 e. The van der Waals surface area contributed by atoms with E-state index in [9.17, 15) is 4.79 Å². The van der Waals surface area contributed by atoms with E-state index in [4.69, 9.17) is 16.9 Å². The van der Waals surface area contributed by atoms with Crippen molar-refractivity contribution in [3.63, 3.8) is 0 Å². The molecule has 0 aromatic carbocycles. The molecule has 3 nitrogen and oxygen atoms in total. The second kappa shape index (κ2) is 6.93. The van der Waals surface area contributed by atoms with Crippen molar-refractivity contribution in [1.82, 2.24) is 0 Å². The Bertz CT molecular complexity index is 176. The van der Waals surface area contributed by atoms with Gasteiger partial charge in [-0.2, -0.15) is 5.26 Å². The maximum Gasteiger partial charge on any atom is 0.323 e. The minimum atomic E-state index is -0.649. The Balaban J connectivity index is 3.81. The van der Waals surface area contributed by atoms with Crippen LogP contribution < -0.4 is 0 Å². The zero-order valence-electron chi connectivity index (χ0n) is 7.05. The van der Waals surface area contributed by atoms with Crippen LogP contribution in [0.25, 0.3) is 0 Å². The van der Waals surface area contributed by atoms with Crippen molar-refractivity contribution in [3.05, 3.63) is 0 Å². The topological polar surface area (TPSA) is 50.1 Å². The average molecular weight is 190 g/mol. The van der Waals surface area contributed by atoms with Crippen LogP contribution in [0.15, 0.2) is 0 Å². The monoisotopic (exact) mass is 189 g/mol. The molecule has 0 amide bonds. The number of carbonyl (C=O) groups excluding carboxylic acids is 1. The fourth-order valence-corrected chi connectivity index (χ4v) is 0.914. The van der Waals surface area contributed by atoms with Gasteiger partial charge in [0.2, 0.25) is 0 Å². The van der Waals surface area contributed by atoms with Crippen LogP contribution >= 0.6 is 11.6 Å². The molecule has 0 N–H and O–H groups in total. The lowest BCUT2D eigenvalue weighted by atomic mass is 10.1. The minimum absolute atomic E-state index is 0.317. The number of nitrogens with zero attached hydrogens (tertiary/aromatic N) is 1. The van der Waals surface area contributed by atoms with Gasteiger partial charge in [-0.1, -0.05) is 0 Å². The first-order chi connectivity index (χ1) is 5.76. The number of esters is 1. The first-order valence-corrected chi connectivity index (χ1v) is 4.42. The molecule has 0 heterocycles. The summed E-state index contributed by atoms with van der Waals surface area (Å²) in [4.78, 5) is 11.0. The molecule has 1 unspecified atom stereocenters. The highest BCUT2D eigenvalue weighted by atomic mass is 35.5. The lowest BCUT2D eigenvalue weighted by Gasteiger charge is -2.05. The Hall–Kier alpha value is -0.750. The smallest absolute Gasteiger partial charge is 0.323 e. The van der Waals surface area contributed by atoms with E-state index in [2.05, 4.69) is 4.74 Å². The van der Waals surface area contributed by atoms with Gasteiger partial charge in [0.05, 0.1) is 12.7 Å². The molecule has 0 aliphatic heterocycles. The van der Waals surface area contributed by atoms with E-state index >= 15 is 0 Å². The van der Waals surface area contributed by atoms with E-state index < -0.39 is 11.9 Å². The van der Waals surface area contributed by atoms with Gasteiger partial charge in [0.15, 0.2) is 0 Å². The molecule has 0 saturated heterocycles. The summed E-state index contributed by atoms with van der Waals surface area (Å²) in [5.74, 6) is -0.619. The SMILES string of the molecule is CCOC(=O)C(C#N)CCCCl. The van der Waals surface area contributed by atoms with Gasteiger partial charge in [0.1, 0.15) is 5.92 Å². The van der Waals surface area contributed by atoms with Crippen LogP contribution in [0.3, 0.4) is 0 Å². The number of hydrogen-bond acceptors (Lipinski definition) is 3. The highest BCUT2D eigenvalue weighted by Crippen LogP contribution is 2.08. The molecule has 1 atom stereocenters. The second-order valence-corrected chi connectivity index (χ2v) is 2.64. The van der Waals surface area contributed by atoms with E-state index in [-0.39, 0.29) is 0 Å².